The first-order valence-corrected chi connectivity index (χ1v) is 6.04. The van der Waals surface area contributed by atoms with Gasteiger partial charge in [-0.3, -0.25) is 0 Å². The van der Waals surface area contributed by atoms with E-state index in [2.05, 4.69) is 15.2 Å². The van der Waals surface area contributed by atoms with E-state index in [1.54, 1.807) is 31.4 Å². The van der Waals surface area contributed by atoms with Gasteiger partial charge in [0.05, 0.1) is 33.2 Å². The number of aromatic hydroxyl groups is 1. The van der Waals surface area contributed by atoms with Gasteiger partial charge in [0, 0.05) is 18.2 Å². The van der Waals surface area contributed by atoms with Gasteiger partial charge in [0.1, 0.15) is 5.69 Å². The van der Waals surface area contributed by atoms with Crippen molar-refractivity contribution in [3.63, 3.8) is 0 Å². The Morgan fingerprint density at radius 2 is 1.52 bits per heavy atom. The van der Waals surface area contributed by atoms with Gasteiger partial charge in [0.2, 0.25) is 11.6 Å². The second-order valence-corrected chi connectivity index (χ2v) is 3.96. The summed E-state index contributed by atoms with van der Waals surface area (Å²) in [5.41, 5.74) is 1.05. The maximum atomic E-state index is 9.81. The molecule has 2 aromatic rings. The Hall–Kier alpha value is -2.83. The highest BCUT2D eigenvalue weighted by atomic mass is 16.5. The molecule has 21 heavy (non-hydrogen) atoms. The first-order chi connectivity index (χ1) is 10.2. The molecule has 7 nitrogen and oxygen atoms in total. The number of aromatic nitrogens is 1. The monoisotopic (exact) mass is 289 g/mol. The minimum Gasteiger partial charge on any atom is -0.502 e. The standard InChI is InChI=1S/C14H15N3O4/c1-19-11-6-10(7-12(20-2)14(11)18)17-16-9-4-5-13(21-3)15-8-9/h4-8,18H,1-3H3. The first kappa shape index (κ1) is 14.6. The topological polar surface area (TPSA) is 85.5 Å². The van der Waals surface area contributed by atoms with Crippen LogP contribution in [0, 0.1) is 0 Å². The van der Waals surface area contributed by atoms with Gasteiger partial charge in [-0.25, -0.2) is 4.98 Å². The Labute approximate surface area is 121 Å². The lowest BCUT2D eigenvalue weighted by Crippen LogP contribution is -1.88. The van der Waals surface area contributed by atoms with E-state index in [9.17, 15) is 5.11 Å². The maximum absolute atomic E-state index is 9.81. The molecule has 0 aliphatic rings. The average Bonchev–Trinajstić information content (AvgIpc) is 2.54. The predicted octanol–water partition coefficient (Wildman–Crippen LogP) is 3.23. The van der Waals surface area contributed by atoms with Crippen LogP contribution in [-0.4, -0.2) is 31.4 Å². The van der Waals surface area contributed by atoms with E-state index >= 15 is 0 Å². The van der Waals surface area contributed by atoms with Gasteiger partial charge >= 0.3 is 0 Å². The minimum absolute atomic E-state index is 0.0786. The van der Waals surface area contributed by atoms with Crippen molar-refractivity contribution < 1.29 is 19.3 Å². The Morgan fingerprint density at radius 1 is 0.905 bits per heavy atom. The quantitative estimate of drug-likeness (QED) is 0.854. The fourth-order valence-corrected chi connectivity index (χ4v) is 1.61. The first-order valence-electron chi connectivity index (χ1n) is 6.04. The third kappa shape index (κ3) is 3.38. The third-order valence-electron chi connectivity index (χ3n) is 2.68. The number of methoxy groups -OCH3 is 3. The molecule has 1 aromatic heterocycles. The van der Waals surface area contributed by atoms with Crippen LogP contribution in [0.3, 0.4) is 0 Å². The Bertz CT molecular complexity index is 616. The molecule has 0 spiro atoms. The number of phenolic OH excluding ortho intramolecular Hbond substituents is 1. The van der Waals surface area contributed by atoms with E-state index in [4.69, 9.17) is 14.2 Å². The number of ether oxygens (including phenoxy) is 3. The number of nitrogens with zero attached hydrogens (tertiary/aromatic N) is 3. The second-order valence-electron chi connectivity index (χ2n) is 3.96. The van der Waals surface area contributed by atoms with Crippen molar-refractivity contribution in [2.75, 3.05) is 21.3 Å². The summed E-state index contributed by atoms with van der Waals surface area (Å²) in [7, 11) is 4.43. The van der Waals surface area contributed by atoms with Gasteiger partial charge in [-0.2, -0.15) is 5.11 Å². The number of azo groups is 1. The SMILES string of the molecule is COc1ccc(N=Nc2cc(OC)c(O)c(OC)c2)cn1. The van der Waals surface area contributed by atoms with Crippen molar-refractivity contribution in [3.8, 4) is 23.1 Å². The predicted molar refractivity (Wildman–Crippen MR) is 76.2 cm³/mol. The van der Waals surface area contributed by atoms with Gasteiger partial charge < -0.3 is 19.3 Å². The molecule has 1 N–H and O–H groups in total. The van der Waals surface area contributed by atoms with Crippen molar-refractivity contribution >= 4 is 11.4 Å². The molecule has 1 heterocycles. The van der Waals surface area contributed by atoms with Crippen LogP contribution < -0.4 is 14.2 Å². The van der Waals surface area contributed by atoms with Crippen molar-refractivity contribution in [2.45, 2.75) is 0 Å². The van der Waals surface area contributed by atoms with E-state index in [0.29, 0.717) is 17.3 Å². The maximum Gasteiger partial charge on any atom is 0.213 e. The molecule has 1 aromatic carbocycles. The minimum atomic E-state index is -0.0786. The van der Waals surface area contributed by atoms with Crippen LogP contribution in [0.2, 0.25) is 0 Å². The highest BCUT2D eigenvalue weighted by Crippen LogP contribution is 2.40. The second kappa shape index (κ2) is 6.56. The van der Waals surface area contributed by atoms with Crippen molar-refractivity contribution in [2.24, 2.45) is 10.2 Å². The van der Waals surface area contributed by atoms with Crippen molar-refractivity contribution in [1.82, 2.24) is 4.98 Å². The van der Waals surface area contributed by atoms with Crippen LogP contribution in [0.4, 0.5) is 11.4 Å². The molecule has 0 unspecified atom stereocenters. The third-order valence-corrected chi connectivity index (χ3v) is 2.68. The number of pyridine rings is 1. The molecule has 0 fully saturated rings. The molecule has 0 saturated heterocycles. The van der Waals surface area contributed by atoms with E-state index in [0.717, 1.165) is 0 Å². The summed E-state index contributed by atoms with van der Waals surface area (Å²) in [4.78, 5) is 4.03. The molecule has 110 valence electrons. The number of benzene rings is 1. The van der Waals surface area contributed by atoms with Crippen LogP contribution in [-0.2, 0) is 0 Å². The van der Waals surface area contributed by atoms with Gasteiger partial charge in [-0.05, 0) is 6.07 Å². The summed E-state index contributed by atoms with van der Waals surface area (Å²) >= 11 is 0. The van der Waals surface area contributed by atoms with Crippen molar-refractivity contribution in [1.29, 1.82) is 0 Å². The number of hydrogen-bond acceptors (Lipinski definition) is 7. The number of phenols is 1. The Kier molecular flexibility index (Phi) is 4.55. The molecule has 0 aliphatic carbocycles. The Morgan fingerprint density at radius 3 is 2.00 bits per heavy atom. The lowest BCUT2D eigenvalue weighted by Gasteiger charge is -2.08. The van der Waals surface area contributed by atoms with E-state index < -0.39 is 0 Å². The van der Waals surface area contributed by atoms with E-state index in [1.807, 2.05) is 0 Å². The molecule has 0 saturated carbocycles. The lowest BCUT2D eigenvalue weighted by molar-refractivity contribution is 0.340. The molecule has 7 heteroatoms. The zero-order chi connectivity index (χ0) is 15.2. The van der Waals surface area contributed by atoms with E-state index in [-0.39, 0.29) is 17.2 Å². The largest absolute Gasteiger partial charge is 0.502 e. The molecule has 0 bridgehead atoms. The highest BCUT2D eigenvalue weighted by Gasteiger charge is 2.10. The van der Waals surface area contributed by atoms with Gasteiger partial charge in [0.15, 0.2) is 11.5 Å². The van der Waals surface area contributed by atoms with Crippen LogP contribution >= 0.6 is 0 Å². The van der Waals surface area contributed by atoms with Crippen LogP contribution in [0.25, 0.3) is 0 Å². The highest BCUT2D eigenvalue weighted by molar-refractivity contribution is 5.59. The average molecular weight is 289 g/mol. The molecular formula is C14H15N3O4. The fraction of sp³-hybridized carbons (Fsp3) is 0.214. The van der Waals surface area contributed by atoms with E-state index in [1.165, 1.54) is 20.4 Å². The summed E-state index contributed by atoms with van der Waals surface area (Å²) in [6.45, 7) is 0. The van der Waals surface area contributed by atoms with Gasteiger partial charge in [-0.15, -0.1) is 5.11 Å². The van der Waals surface area contributed by atoms with Crippen LogP contribution in [0.1, 0.15) is 0 Å². The normalized spacial score (nSPS) is 10.6. The summed E-state index contributed by atoms with van der Waals surface area (Å²) in [6, 6.07) is 6.52. The Balaban J connectivity index is 2.27. The summed E-state index contributed by atoms with van der Waals surface area (Å²) in [6.07, 6.45) is 1.54. The zero-order valence-corrected chi connectivity index (χ0v) is 11.9. The summed E-state index contributed by atoms with van der Waals surface area (Å²) < 4.78 is 15.1. The fourth-order valence-electron chi connectivity index (χ4n) is 1.61. The van der Waals surface area contributed by atoms with Gasteiger partial charge in [-0.1, -0.05) is 0 Å². The van der Waals surface area contributed by atoms with Gasteiger partial charge in [0.25, 0.3) is 0 Å². The molecule has 0 atom stereocenters. The molecule has 0 amide bonds. The number of rotatable bonds is 5. The van der Waals surface area contributed by atoms with Crippen LogP contribution in [0.15, 0.2) is 40.7 Å². The van der Waals surface area contributed by atoms with Crippen LogP contribution in [0.5, 0.6) is 23.1 Å². The zero-order valence-electron chi connectivity index (χ0n) is 11.9. The summed E-state index contributed by atoms with van der Waals surface area (Å²) in [5.74, 6) is 0.944. The molecule has 2 rings (SSSR count). The lowest BCUT2D eigenvalue weighted by atomic mass is 10.2. The molecule has 0 aliphatic heterocycles. The number of hydrogen-bond donors (Lipinski definition) is 1. The molecule has 0 radical (unpaired) electrons. The summed E-state index contributed by atoms with van der Waals surface area (Å²) in [5, 5.41) is 17.9. The molecular weight excluding hydrogens is 274 g/mol. The van der Waals surface area contributed by atoms with Crippen molar-refractivity contribution in [3.05, 3.63) is 30.5 Å². The smallest absolute Gasteiger partial charge is 0.213 e.